The Morgan fingerprint density at radius 1 is 1.12 bits per heavy atom. The van der Waals surface area contributed by atoms with Gasteiger partial charge in [0, 0.05) is 32.7 Å². The third kappa shape index (κ3) is 1.87. The van der Waals surface area contributed by atoms with Crippen molar-refractivity contribution in [1.29, 1.82) is 0 Å². The van der Waals surface area contributed by atoms with E-state index in [1.54, 1.807) is 5.01 Å². The Labute approximate surface area is 100 Å². The van der Waals surface area contributed by atoms with E-state index in [0.717, 1.165) is 31.9 Å². The van der Waals surface area contributed by atoms with Crippen LogP contribution in [0.3, 0.4) is 0 Å². The maximum atomic E-state index is 12.0. The van der Waals surface area contributed by atoms with Gasteiger partial charge in [0.25, 0.3) is 0 Å². The number of amides is 2. The van der Waals surface area contributed by atoms with Gasteiger partial charge in [0.1, 0.15) is 0 Å². The van der Waals surface area contributed by atoms with Crippen molar-refractivity contribution in [2.75, 3.05) is 31.2 Å². The van der Waals surface area contributed by atoms with E-state index < -0.39 is 0 Å². The molecule has 90 valence electrons. The molecule has 0 bridgehead atoms. The first-order valence-corrected chi connectivity index (χ1v) is 5.98. The molecule has 2 amide bonds. The van der Waals surface area contributed by atoms with Gasteiger partial charge >= 0.3 is 6.03 Å². The highest BCUT2D eigenvalue weighted by atomic mass is 16.2. The van der Waals surface area contributed by atoms with E-state index in [4.69, 9.17) is 0 Å². The predicted octanol–water partition coefficient (Wildman–Crippen LogP) is 0.536. The van der Waals surface area contributed by atoms with Crippen molar-refractivity contribution >= 4 is 11.7 Å². The second kappa shape index (κ2) is 4.35. The molecule has 5 heteroatoms. The fourth-order valence-electron chi connectivity index (χ4n) is 2.36. The van der Waals surface area contributed by atoms with Gasteiger partial charge in [-0.2, -0.15) is 0 Å². The van der Waals surface area contributed by atoms with Gasteiger partial charge in [0.2, 0.25) is 0 Å². The first kappa shape index (κ1) is 10.6. The van der Waals surface area contributed by atoms with Gasteiger partial charge < -0.3 is 10.6 Å². The summed E-state index contributed by atoms with van der Waals surface area (Å²) in [6, 6.07) is 8.03. The molecule has 1 aromatic carbocycles. The summed E-state index contributed by atoms with van der Waals surface area (Å²) >= 11 is 0. The van der Waals surface area contributed by atoms with Gasteiger partial charge in [0.15, 0.2) is 0 Å². The lowest BCUT2D eigenvalue weighted by molar-refractivity contribution is 0.194. The minimum Gasteiger partial charge on any atom is -0.332 e. The number of piperazine rings is 1. The van der Waals surface area contributed by atoms with Gasteiger partial charge in [-0.25, -0.2) is 14.8 Å². The lowest BCUT2D eigenvalue weighted by Gasteiger charge is -2.40. The number of nitrogens with one attached hydrogen (secondary N) is 2. The third-order valence-corrected chi connectivity index (χ3v) is 3.22. The van der Waals surface area contributed by atoms with Crippen LogP contribution >= 0.6 is 0 Å². The number of rotatable bonds is 1. The van der Waals surface area contributed by atoms with Crippen LogP contribution in [0, 0.1) is 0 Å². The molecule has 0 aromatic heterocycles. The summed E-state index contributed by atoms with van der Waals surface area (Å²) in [6.07, 6.45) is 0. The Morgan fingerprint density at radius 3 is 2.71 bits per heavy atom. The zero-order valence-electron chi connectivity index (χ0n) is 9.65. The summed E-state index contributed by atoms with van der Waals surface area (Å²) in [7, 11) is 0. The maximum Gasteiger partial charge on any atom is 0.336 e. The highest BCUT2D eigenvalue weighted by molar-refractivity contribution is 5.93. The van der Waals surface area contributed by atoms with E-state index in [0.29, 0.717) is 6.54 Å². The molecule has 0 unspecified atom stereocenters. The number of nitrogens with zero attached hydrogens (tertiary/aromatic N) is 2. The Bertz CT molecular complexity index is 428. The minimum absolute atomic E-state index is 0.0226. The number of hydrogen-bond acceptors (Lipinski definition) is 3. The molecule has 1 saturated heterocycles. The van der Waals surface area contributed by atoms with Crippen molar-refractivity contribution in [2.45, 2.75) is 6.54 Å². The number of carbonyl (C=O) groups is 1. The summed E-state index contributed by atoms with van der Waals surface area (Å²) < 4.78 is 0. The summed E-state index contributed by atoms with van der Waals surface area (Å²) in [5.74, 6) is 0. The van der Waals surface area contributed by atoms with Crippen LogP contribution in [0.2, 0.25) is 0 Å². The fraction of sp³-hybridized carbons (Fsp3) is 0.417. The monoisotopic (exact) mass is 232 g/mol. The summed E-state index contributed by atoms with van der Waals surface area (Å²) in [4.78, 5) is 12.0. The molecule has 0 radical (unpaired) electrons. The molecule has 0 atom stereocenters. The van der Waals surface area contributed by atoms with E-state index in [-0.39, 0.29) is 6.03 Å². The summed E-state index contributed by atoms with van der Waals surface area (Å²) in [5, 5.41) is 10.1. The quantitative estimate of drug-likeness (QED) is 0.743. The molecule has 2 heterocycles. The van der Waals surface area contributed by atoms with E-state index in [2.05, 4.69) is 21.7 Å². The van der Waals surface area contributed by atoms with Gasteiger partial charge in [0.05, 0.1) is 5.69 Å². The Morgan fingerprint density at radius 2 is 1.88 bits per heavy atom. The number of para-hydroxylation sites is 1. The van der Waals surface area contributed by atoms with Crippen molar-refractivity contribution < 1.29 is 4.79 Å². The molecular weight excluding hydrogens is 216 g/mol. The van der Waals surface area contributed by atoms with Gasteiger partial charge in [-0.15, -0.1) is 0 Å². The Hall–Kier alpha value is -1.59. The molecule has 2 N–H and O–H groups in total. The van der Waals surface area contributed by atoms with Crippen molar-refractivity contribution in [1.82, 2.24) is 15.6 Å². The van der Waals surface area contributed by atoms with Crippen LogP contribution in [0.15, 0.2) is 24.3 Å². The Kier molecular flexibility index (Phi) is 2.70. The van der Waals surface area contributed by atoms with Crippen molar-refractivity contribution in [3.8, 4) is 0 Å². The van der Waals surface area contributed by atoms with Crippen molar-refractivity contribution in [3.05, 3.63) is 29.8 Å². The summed E-state index contributed by atoms with van der Waals surface area (Å²) in [6.45, 7) is 4.19. The number of anilines is 1. The average Bonchev–Trinajstić information content (AvgIpc) is 2.39. The number of urea groups is 1. The highest BCUT2D eigenvalue weighted by Crippen LogP contribution is 2.25. The number of benzene rings is 1. The number of hydrazine groups is 1. The molecule has 1 aromatic rings. The van der Waals surface area contributed by atoms with Gasteiger partial charge in [-0.05, 0) is 11.6 Å². The van der Waals surface area contributed by atoms with Crippen LogP contribution in [-0.2, 0) is 6.54 Å². The number of fused-ring (bicyclic) bond motifs is 1. The lowest BCUT2D eigenvalue weighted by atomic mass is 10.1. The second-order valence-corrected chi connectivity index (χ2v) is 4.30. The van der Waals surface area contributed by atoms with Crippen LogP contribution in [0.4, 0.5) is 10.5 Å². The Balaban J connectivity index is 1.94. The molecule has 0 aliphatic carbocycles. The van der Waals surface area contributed by atoms with Gasteiger partial charge in [-0.3, -0.25) is 0 Å². The molecule has 17 heavy (non-hydrogen) atoms. The average molecular weight is 232 g/mol. The fourth-order valence-corrected chi connectivity index (χ4v) is 2.36. The zero-order valence-corrected chi connectivity index (χ0v) is 9.65. The molecule has 5 nitrogen and oxygen atoms in total. The molecule has 3 rings (SSSR count). The van der Waals surface area contributed by atoms with Crippen LogP contribution in [0.5, 0.6) is 0 Å². The van der Waals surface area contributed by atoms with Gasteiger partial charge in [-0.1, -0.05) is 18.2 Å². The van der Waals surface area contributed by atoms with E-state index in [9.17, 15) is 4.79 Å². The number of hydrogen-bond donors (Lipinski definition) is 2. The van der Waals surface area contributed by atoms with E-state index >= 15 is 0 Å². The third-order valence-electron chi connectivity index (χ3n) is 3.22. The van der Waals surface area contributed by atoms with Crippen LogP contribution < -0.4 is 15.6 Å². The normalized spacial score (nSPS) is 20.9. The standard InChI is InChI=1S/C12H16N4O/c17-12-14-9-10-3-1-2-4-11(10)16(12)15-7-5-13-6-8-15/h1-4,13H,5-9H2,(H,14,17). The molecular formula is C12H16N4O. The maximum absolute atomic E-state index is 12.0. The van der Waals surface area contributed by atoms with Crippen LogP contribution in [0.25, 0.3) is 0 Å². The molecule has 2 aliphatic rings. The van der Waals surface area contributed by atoms with Crippen molar-refractivity contribution in [2.24, 2.45) is 0 Å². The predicted molar refractivity (Wildman–Crippen MR) is 65.6 cm³/mol. The highest BCUT2D eigenvalue weighted by Gasteiger charge is 2.29. The van der Waals surface area contributed by atoms with E-state index in [1.807, 2.05) is 18.2 Å². The first-order chi connectivity index (χ1) is 8.36. The first-order valence-electron chi connectivity index (χ1n) is 5.98. The topological polar surface area (TPSA) is 47.6 Å². The molecule has 2 aliphatic heterocycles. The van der Waals surface area contributed by atoms with Crippen LogP contribution in [0.1, 0.15) is 5.56 Å². The van der Waals surface area contributed by atoms with Crippen LogP contribution in [-0.4, -0.2) is 37.2 Å². The lowest BCUT2D eigenvalue weighted by Crippen LogP contribution is -2.59. The molecule has 0 spiro atoms. The molecule has 1 fully saturated rings. The summed E-state index contributed by atoms with van der Waals surface area (Å²) in [5.41, 5.74) is 2.18. The SMILES string of the molecule is O=C1NCc2ccccc2N1N1CCNCC1. The largest absolute Gasteiger partial charge is 0.336 e. The molecule has 0 saturated carbocycles. The minimum atomic E-state index is -0.0226. The zero-order chi connectivity index (χ0) is 11.7. The van der Waals surface area contributed by atoms with E-state index in [1.165, 1.54) is 5.56 Å². The van der Waals surface area contributed by atoms with Crippen molar-refractivity contribution in [3.63, 3.8) is 0 Å². The smallest absolute Gasteiger partial charge is 0.332 e. The number of carbonyl (C=O) groups excluding carboxylic acids is 1. The second-order valence-electron chi connectivity index (χ2n) is 4.30.